The normalized spacial score (nSPS) is 16.0. The zero-order valence-corrected chi connectivity index (χ0v) is 18.4. The van der Waals surface area contributed by atoms with Crippen molar-refractivity contribution in [3.63, 3.8) is 0 Å². The molecule has 1 aromatic carbocycles. The number of aromatic nitrogens is 2. The van der Waals surface area contributed by atoms with Crippen molar-refractivity contribution >= 4 is 17.5 Å². The smallest absolute Gasteiger partial charge is 0.241 e. The highest BCUT2D eigenvalue weighted by Crippen LogP contribution is 2.19. The highest BCUT2D eigenvalue weighted by molar-refractivity contribution is 6.30. The SMILES string of the molecule is CC(C)N(C(=O)CN1CCN(Cc2nc(-c3ccc(Cl)cc3)no2)CC1)C(C)C. The molecule has 0 spiro atoms. The van der Waals surface area contributed by atoms with E-state index in [9.17, 15) is 4.79 Å². The van der Waals surface area contributed by atoms with Gasteiger partial charge in [0.15, 0.2) is 0 Å². The molecular formula is C21H30ClN5O2. The summed E-state index contributed by atoms with van der Waals surface area (Å²) >= 11 is 5.93. The van der Waals surface area contributed by atoms with Gasteiger partial charge in [-0.3, -0.25) is 14.6 Å². The third-order valence-electron chi connectivity index (χ3n) is 5.15. The summed E-state index contributed by atoms with van der Waals surface area (Å²) in [6, 6.07) is 7.82. The molecule has 0 saturated carbocycles. The average molecular weight is 420 g/mol. The molecule has 0 aliphatic carbocycles. The van der Waals surface area contributed by atoms with Gasteiger partial charge < -0.3 is 9.42 Å². The maximum Gasteiger partial charge on any atom is 0.241 e. The number of halogens is 1. The molecule has 29 heavy (non-hydrogen) atoms. The summed E-state index contributed by atoms with van der Waals surface area (Å²) in [5, 5.41) is 4.75. The molecule has 1 aliphatic heterocycles. The van der Waals surface area contributed by atoms with E-state index in [2.05, 4.69) is 47.6 Å². The van der Waals surface area contributed by atoms with Gasteiger partial charge in [-0.05, 0) is 52.0 Å². The fourth-order valence-electron chi connectivity index (χ4n) is 3.78. The summed E-state index contributed by atoms with van der Waals surface area (Å²) in [6.45, 7) is 12.8. The van der Waals surface area contributed by atoms with E-state index in [1.54, 1.807) is 0 Å². The summed E-state index contributed by atoms with van der Waals surface area (Å²) in [5.41, 5.74) is 0.882. The van der Waals surface area contributed by atoms with E-state index in [-0.39, 0.29) is 18.0 Å². The minimum atomic E-state index is 0.202. The van der Waals surface area contributed by atoms with Gasteiger partial charge in [-0.1, -0.05) is 16.8 Å². The van der Waals surface area contributed by atoms with Crippen LogP contribution >= 0.6 is 11.6 Å². The first-order valence-corrected chi connectivity index (χ1v) is 10.6. The second-order valence-corrected chi connectivity index (χ2v) is 8.50. The topological polar surface area (TPSA) is 65.7 Å². The number of amides is 1. The van der Waals surface area contributed by atoms with Gasteiger partial charge in [0.1, 0.15) is 0 Å². The number of hydrogen-bond donors (Lipinski definition) is 0. The van der Waals surface area contributed by atoms with Crippen LogP contribution in [0.25, 0.3) is 11.4 Å². The van der Waals surface area contributed by atoms with E-state index in [0.717, 1.165) is 31.7 Å². The molecule has 158 valence electrons. The Morgan fingerprint density at radius 2 is 1.66 bits per heavy atom. The van der Waals surface area contributed by atoms with Gasteiger partial charge in [0.05, 0.1) is 13.1 Å². The molecule has 1 aromatic heterocycles. The van der Waals surface area contributed by atoms with Gasteiger partial charge >= 0.3 is 0 Å². The third kappa shape index (κ3) is 5.78. The van der Waals surface area contributed by atoms with E-state index in [1.807, 2.05) is 29.2 Å². The largest absolute Gasteiger partial charge is 0.338 e. The Balaban J connectivity index is 1.49. The van der Waals surface area contributed by atoms with Crippen molar-refractivity contribution in [2.24, 2.45) is 0 Å². The van der Waals surface area contributed by atoms with Crippen molar-refractivity contribution in [3.05, 3.63) is 35.2 Å². The Labute approximate surface area is 177 Å². The number of nitrogens with zero attached hydrogens (tertiary/aromatic N) is 5. The van der Waals surface area contributed by atoms with Gasteiger partial charge in [0.2, 0.25) is 17.6 Å². The second kappa shape index (κ2) is 9.69. The molecule has 0 atom stereocenters. The quantitative estimate of drug-likeness (QED) is 0.686. The van der Waals surface area contributed by atoms with Crippen molar-refractivity contribution in [2.45, 2.75) is 46.3 Å². The summed E-state index contributed by atoms with van der Waals surface area (Å²) in [6.07, 6.45) is 0. The Morgan fingerprint density at radius 1 is 1.07 bits per heavy atom. The fraction of sp³-hybridized carbons (Fsp3) is 0.571. The zero-order chi connectivity index (χ0) is 21.0. The monoisotopic (exact) mass is 419 g/mol. The Hall–Kier alpha value is -1.96. The van der Waals surface area contributed by atoms with Crippen molar-refractivity contribution in [2.75, 3.05) is 32.7 Å². The van der Waals surface area contributed by atoms with Gasteiger partial charge in [0.25, 0.3) is 0 Å². The van der Waals surface area contributed by atoms with Crippen LogP contribution in [-0.2, 0) is 11.3 Å². The molecule has 0 radical (unpaired) electrons. The minimum absolute atomic E-state index is 0.202. The molecule has 3 rings (SSSR count). The third-order valence-corrected chi connectivity index (χ3v) is 5.41. The van der Waals surface area contributed by atoms with Gasteiger partial charge in [-0.15, -0.1) is 0 Å². The van der Waals surface area contributed by atoms with Crippen LogP contribution in [0, 0.1) is 0 Å². The van der Waals surface area contributed by atoms with Crippen LogP contribution in [0.1, 0.15) is 33.6 Å². The number of rotatable bonds is 7. The number of carbonyl (C=O) groups is 1. The highest BCUT2D eigenvalue weighted by atomic mass is 35.5. The van der Waals surface area contributed by atoms with Gasteiger partial charge in [-0.25, -0.2) is 0 Å². The number of carbonyl (C=O) groups excluding carboxylic acids is 1. The summed E-state index contributed by atoms with van der Waals surface area (Å²) < 4.78 is 5.42. The van der Waals surface area contributed by atoms with Crippen molar-refractivity contribution in [1.82, 2.24) is 24.8 Å². The summed E-state index contributed by atoms with van der Waals surface area (Å²) in [5.74, 6) is 1.38. The molecule has 8 heteroatoms. The molecule has 2 heterocycles. The second-order valence-electron chi connectivity index (χ2n) is 8.06. The molecule has 1 amide bonds. The van der Waals surface area contributed by atoms with Crippen LogP contribution in [0.15, 0.2) is 28.8 Å². The predicted octanol–water partition coefficient (Wildman–Crippen LogP) is 3.15. The average Bonchev–Trinajstić information content (AvgIpc) is 3.12. The first kappa shape index (κ1) is 21.7. The van der Waals surface area contributed by atoms with Crippen LogP contribution < -0.4 is 0 Å². The van der Waals surface area contributed by atoms with Gasteiger partial charge in [0, 0.05) is 48.8 Å². The number of benzene rings is 1. The highest BCUT2D eigenvalue weighted by Gasteiger charge is 2.25. The van der Waals surface area contributed by atoms with E-state index in [1.165, 1.54) is 0 Å². The maximum atomic E-state index is 12.7. The first-order chi connectivity index (χ1) is 13.8. The van der Waals surface area contributed by atoms with Crippen LogP contribution in [0.2, 0.25) is 5.02 Å². The molecule has 0 N–H and O–H groups in total. The van der Waals surface area contributed by atoms with Crippen molar-refractivity contribution in [3.8, 4) is 11.4 Å². The van der Waals surface area contributed by atoms with E-state index in [0.29, 0.717) is 29.8 Å². The van der Waals surface area contributed by atoms with Crippen LogP contribution in [0.4, 0.5) is 0 Å². The molecule has 1 aliphatic rings. The molecule has 0 bridgehead atoms. The number of hydrogen-bond acceptors (Lipinski definition) is 6. The van der Waals surface area contributed by atoms with Crippen molar-refractivity contribution < 1.29 is 9.32 Å². The molecule has 1 saturated heterocycles. The molecule has 7 nitrogen and oxygen atoms in total. The number of piperazine rings is 1. The lowest BCUT2D eigenvalue weighted by Gasteiger charge is -2.36. The van der Waals surface area contributed by atoms with Crippen LogP contribution in [0.3, 0.4) is 0 Å². The lowest BCUT2D eigenvalue weighted by atomic mass is 10.2. The zero-order valence-electron chi connectivity index (χ0n) is 17.6. The predicted molar refractivity (Wildman–Crippen MR) is 114 cm³/mol. The van der Waals surface area contributed by atoms with Crippen LogP contribution in [-0.4, -0.2) is 75.6 Å². The van der Waals surface area contributed by atoms with E-state index < -0.39 is 0 Å². The fourth-order valence-corrected chi connectivity index (χ4v) is 3.90. The lowest BCUT2D eigenvalue weighted by Crippen LogP contribution is -2.52. The van der Waals surface area contributed by atoms with Crippen molar-refractivity contribution in [1.29, 1.82) is 0 Å². The molecule has 1 fully saturated rings. The molecule has 0 unspecified atom stereocenters. The standard InChI is InChI=1S/C21H30ClN5O2/c1-15(2)27(16(3)4)20(28)14-26-11-9-25(10-12-26)13-19-23-21(24-29-19)17-5-7-18(22)8-6-17/h5-8,15-16H,9-14H2,1-4H3. The minimum Gasteiger partial charge on any atom is -0.338 e. The Kier molecular flexibility index (Phi) is 7.27. The van der Waals surface area contributed by atoms with Crippen LogP contribution in [0.5, 0.6) is 0 Å². The first-order valence-electron chi connectivity index (χ1n) is 10.2. The van der Waals surface area contributed by atoms with E-state index in [4.69, 9.17) is 16.1 Å². The van der Waals surface area contributed by atoms with Gasteiger partial charge in [-0.2, -0.15) is 4.98 Å². The maximum absolute atomic E-state index is 12.7. The molecular weight excluding hydrogens is 390 g/mol. The Morgan fingerprint density at radius 3 is 2.24 bits per heavy atom. The summed E-state index contributed by atoms with van der Waals surface area (Å²) in [4.78, 5) is 23.6. The summed E-state index contributed by atoms with van der Waals surface area (Å²) in [7, 11) is 0. The molecule has 2 aromatic rings. The lowest BCUT2D eigenvalue weighted by molar-refractivity contribution is -0.136. The Bertz CT molecular complexity index is 790. The van der Waals surface area contributed by atoms with E-state index >= 15 is 0 Å².